The molecule has 0 spiro atoms. The van der Waals surface area contributed by atoms with Crippen LogP contribution in [0.15, 0.2) is 67.4 Å². The zero-order valence-corrected chi connectivity index (χ0v) is 13.6. The van der Waals surface area contributed by atoms with Crippen molar-refractivity contribution in [1.29, 1.82) is 0 Å². The Morgan fingerprint density at radius 1 is 1.00 bits per heavy atom. The summed E-state index contributed by atoms with van der Waals surface area (Å²) in [6.07, 6.45) is 3.25. The van der Waals surface area contributed by atoms with Crippen LogP contribution in [0.2, 0.25) is 0 Å². The predicted octanol–water partition coefficient (Wildman–Crippen LogP) is 4.59. The van der Waals surface area contributed by atoms with Gasteiger partial charge in [-0.3, -0.25) is 0 Å². The third kappa shape index (κ3) is 2.98. The highest BCUT2D eigenvalue weighted by atomic mass is 32.2. The van der Waals surface area contributed by atoms with Gasteiger partial charge in [0, 0.05) is 11.3 Å². The monoisotopic (exact) mass is 339 g/mol. The number of aromatic nitrogens is 3. The summed E-state index contributed by atoms with van der Waals surface area (Å²) in [5, 5.41) is 8.56. The van der Waals surface area contributed by atoms with Crippen LogP contribution in [0, 0.1) is 6.92 Å². The molecule has 7 heteroatoms. The van der Waals surface area contributed by atoms with Crippen molar-refractivity contribution in [2.24, 2.45) is 0 Å². The quantitative estimate of drug-likeness (QED) is 0.492. The molecular formula is C17H13N3O3S. The molecule has 4 rings (SSSR count). The van der Waals surface area contributed by atoms with Crippen LogP contribution in [0.3, 0.4) is 0 Å². The lowest BCUT2D eigenvalue weighted by Gasteiger charge is -1.93. The van der Waals surface area contributed by atoms with Crippen molar-refractivity contribution in [1.82, 2.24) is 15.2 Å². The molecule has 0 bridgehead atoms. The zero-order chi connectivity index (χ0) is 16.4. The van der Waals surface area contributed by atoms with Gasteiger partial charge in [-0.05, 0) is 25.1 Å². The highest BCUT2D eigenvalue weighted by Crippen LogP contribution is 2.28. The van der Waals surface area contributed by atoms with E-state index < -0.39 is 0 Å². The number of oxazole rings is 1. The first kappa shape index (κ1) is 14.8. The Bertz CT molecular complexity index is 943. The second kappa shape index (κ2) is 6.37. The van der Waals surface area contributed by atoms with Crippen molar-refractivity contribution in [3.05, 3.63) is 60.4 Å². The third-order valence-electron chi connectivity index (χ3n) is 3.41. The molecule has 4 aromatic rings. The fourth-order valence-electron chi connectivity index (χ4n) is 2.21. The van der Waals surface area contributed by atoms with Crippen LogP contribution >= 0.6 is 11.8 Å². The minimum atomic E-state index is 0.453. The van der Waals surface area contributed by atoms with E-state index in [1.165, 1.54) is 11.8 Å². The van der Waals surface area contributed by atoms with E-state index in [-0.39, 0.29) is 0 Å². The molecule has 0 radical (unpaired) electrons. The summed E-state index contributed by atoms with van der Waals surface area (Å²) in [6.45, 7) is 1.85. The van der Waals surface area contributed by atoms with E-state index in [0.29, 0.717) is 22.8 Å². The van der Waals surface area contributed by atoms with Gasteiger partial charge >= 0.3 is 0 Å². The Labute approximate surface area is 141 Å². The van der Waals surface area contributed by atoms with E-state index in [2.05, 4.69) is 15.2 Å². The molecule has 0 N–H and O–H groups in total. The first-order valence-electron chi connectivity index (χ1n) is 7.30. The third-order valence-corrected chi connectivity index (χ3v) is 4.26. The van der Waals surface area contributed by atoms with Gasteiger partial charge in [0.1, 0.15) is 12.0 Å². The van der Waals surface area contributed by atoms with Crippen LogP contribution in [0.5, 0.6) is 0 Å². The number of benzene rings is 1. The molecule has 3 aromatic heterocycles. The van der Waals surface area contributed by atoms with Crippen molar-refractivity contribution in [3.8, 4) is 22.9 Å². The van der Waals surface area contributed by atoms with Crippen LogP contribution in [0.25, 0.3) is 22.9 Å². The normalized spacial score (nSPS) is 11.0. The number of rotatable bonds is 5. The summed E-state index contributed by atoms with van der Waals surface area (Å²) in [5.41, 5.74) is 2.57. The van der Waals surface area contributed by atoms with Crippen LogP contribution < -0.4 is 0 Å². The van der Waals surface area contributed by atoms with Gasteiger partial charge in [-0.2, -0.15) is 0 Å². The zero-order valence-electron chi connectivity index (χ0n) is 12.8. The van der Waals surface area contributed by atoms with E-state index >= 15 is 0 Å². The minimum absolute atomic E-state index is 0.453. The Morgan fingerprint density at radius 3 is 2.67 bits per heavy atom. The number of hydrogen-bond acceptors (Lipinski definition) is 7. The number of nitrogens with zero attached hydrogens (tertiary/aromatic N) is 3. The summed E-state index contributed by atoms with van der Waals surface area (Å²) >= 11 is 1.41. The molecule has 120 valence electrons. The lowest BCUT2D eigenvalue weighted by molar-refractivity contribution is 0.463. The predicted molar refractivity (Wildman–Crippen MR) is 88.2 cm³/mol. The molecule has 0 atom stereocenters. The molecule has 0 saturated carbocycles. The highest BCUT2D eigenvalue weighted by Gasteiger charge is 2.14. The van der Waals surface area contributed by atoms with E-state index in [4.69, 9.17) is 13.3 Å². The van der Waals surface area contributed by atoms with Crippen LogP contribution in [0.4, 0.5) is 0 Å². The molecule has 3 heterocycles. The van der Waals surface area contributed by atoms with Gasteiger partial charge in [0.2, 0.25) is 5.89 Å². The lowest BCUT2D eigenvalue weighted by Crippen LogP contribution is -1.82. The first-order valence-corrected chi connectivity index (χ1v) is 8.29. The average Bonchev–Trinajstić information content (AvgIpc) is 3.34. The largest absolute Gasteiger partial charge is 0.469 e. The van der Waals surface area contributed by atoms with Crippen molar-refractivity contribution in [3.63, 3.8) is 0 Å². The van der Waals surface area contributed by atoms with Gasteiger partial charge in [0.15, 0.2) is 0 Å². The number of furan rings is 1. The SMILES string of the molecule is Cc1occc1-c1nnc(SCc2coc(-c3ccccc3)n2)o1. The van der Waals surface area contributed by atoms with Crippen LogP contribution in [0.1, 0.15) is 11.5 Å². The Hall–Kier alpha value is -2.80. The second-order valence-electron chi connectivity index (χ2n) is 5.06. The fraction of sp³-hybridized carbons (Fsp3) is 0.118. The Kier molecular flexibility index (Phi) is 3.92. The number of hydrogen-bond donors (Lipinski definition) is 0. The topological polar surface area (TPSA) is 78.1 Å². The van der Waals surface area contributed by atoms with Gasteiger partial charge in [-0.15, -0.1) is 10.2 Å². The van der Waals surface area contributed by atoms with E-state index in [0.717, 1.165) is 22.6 Å². The molecular weight excluding hydrogens is 326 g/mol. The molecule has 0 aliphatic heterocycles. The summed E-state index contributed by atoms with van der Waals surface area (Å²) in [5.74, 6) is 2.39. The number of aryl methyl sites for hydroxylation is 1. The smallest absolute Gasteiger partial charge is 0.277 e. The van der Waals surface area contributed by atoms with E-state index in [1.807, 2.05) is 37.3 Å². The second-order valence-corrected chi connectivity index (χ2v) is 5.99. The minimum Gasteiger partial charge on any atom is -0.469 e. The summed E-state index contributed by atoms with van der Waals surface area (Å²) < 4.78 is 16.4. The van der Waals surface area contributed by atoms with Crippen molar-refractivity contribution >= 4 is 11.8 Å². The standard InChI is InChI=1S/C17H13N3O3S/c1-11-14(7-8-21-11)16-19-20-17(23-16)24-10-13-9-22-15(18-13)12-5-3-2-4-6-12/h2-9H,10H2,1H3. The summed E-state index contributed by atoms with van der Waals surface area (Å²) in [6, 6.07) is 11.6. The van der Waals surface area contributed by atoms with E-state index in [1.54, 1.807) is 18.6 Å². The fourth-order valence-corrected chi connectivity index (χ4v) is 2.85. The molecule has 6 nitrogen and oxygen atoms in total. The number of thioether (sulfide) groups is 1. The molecule has 0 aliphatic carbocycles. The average molecular weight is 339 g/mol. The maximum absolute atomic E-state index is 5.64. The lowest BCUT2D eigenvalue weighted by atomic mass is 10.2. The van der Waals surface area contributed by atoms with Crippen molar-refractivity contribution < 1.29 is 13.3 Å². The first-order chi connectivity index (χ1) is 11.8. The molecule has 0 unspecified atom stereocenters. The maximum Gasteiger partial charge on any atom is 0.277 e. The van der Waals surface area contributed by atoms with E-state index in [9.17, 15) is 0 Å². The molecule has 0 saturated heterocycles. The Balaban J connectivity index is 1.44. The van der Waals surface area contributed by atoms with Crippen LogP contribution in [-0.4, -0.2) is 15.2 Å². The molecule has 1 aromatic carbocycles. The highest BCUT2D eigenvalue weighted by molar-refractivity contribution is 7.98. The molecule has 0 aliphatic rings. The van der Waals surface area contributed by atoms with Gasteiger partial charge in [0.05, 0.1) is 17.5 Å². The van der Waals surface area contributed by atoms with Gasteiger partial charge < -0.3 is 13.3 Å². The van der Waals surface area contributed by atoms with Gasteiger partial charge in [-0.1, -0.05) is 30.0 Å². The van der Waals surface area contributed by atoms with Crippen molar-refractivity contribution in [2.75, 3.05) is 0 Å². The van der Waals surface area contributed by atoms with Gasteiger partial charge in [0.25, 0.3) is 11.1 Å². The molecule has 0 amide bonds. The summed E-state index contributed by atoms with van der Waals surface area (Å²) in [7, 11) is 0. The van der Waals surface area contributed by atoms with Gasteiger partial charge in [-0.25, -0.2) is 4.98 Å². The van der Waals surface area contributed by atoms with Crippen molar-refractivity contribution in [2.45, 2.75) is 17.9 Å². The Morgan fingerprint density at radius 2 is 1.88 bits per heavy atom. The van der Waals surface area contributed by atoms with Crippen LogP contribution in [-0.2, 0) is 5.75 Å². The maximum atomic E-state index is 5.64. The molecule has 24 heavy (non-hydrogen) atoms. The molecule has 0 fully saturated rings. The summed E-state index contributed by atoms with van der Waals surface area (Å²) in [4.78, 5) is 4.47.